The van der Waals surface area contributed by atoms with Crippen molar-refractivity contribution in [1.82, 2.24) is 20.1 Å². The number of nitrogens with zero attached hydrogens (tertiary/aromatic N) is 3. The highest BCUT2D eigenvalue weighted by molar-refractivity contribution is 6.23. The Balaban J connectivity index is 1.37. The number of carbonyl (C=O) groups is 4. The van der Waals surface area contributed by atoms with Crippen LogP contribution in [0.2, 0.25) is 0 Å². The maximum atomic E-state index is 14.1. The van der Waals surface area contributed by atoms with E-state index >= 15 is 0 Å². The molecule has 9 nitrogen and oxygen atoms in total. The number of esters is 1. The molecule has 2 aliphatic heterocycles. The van der Waals surface area contributed by atoms with E-state index in [1.54, 1.807) is 45.3 Å². The Hall–Kier alpha value is -4.11. The van der Waals surface area contributed by atoms with E-state index in [-0.39, 0.29) is 42.6 Å². The van der Waals surface area contributed by atoms with E-state index in [1.807, 2.05) is 55.1 Å². The summed E-state index contributed by atoms with van der Waals surface area (Å²) in [4.78, 5) is 61.8. The summed E-state index contributed by atoms with van der Waals surface area (Å²) in [6.45, 7) is 10.1. The third-order valence-electron chi connectivity index (χ3n) is 8.18. The van der Waals surface area contributed by atoms with Crippen molar-refractivity contribution in [3.05, 3.63) is 77.6 Å². The highest BCUT2D eigenvalue weighted by atomic mass is 16.6. The first-order valence-electron chi connectivity index (χ1n) is 15.5. The second kappa shape index (κ2) is 12.9. The van der Waals surface area contributed by atoms with Crippen molar-refractivity contribution in [2.24, 2.45) is 5.92 Å². The molecule has 44 heavy (non-hydrogen) atoms. The lowest BCUT2D eigenvalue weighted by atomic mass is 9.99. The topological polar surface area (TPSA) is 109 Å². The summed E-state index contributed by atoms with van der Waals surface area (Å²) in [5.74, 6) is -1.20. The van der Waals surface area contributed by atoms with Crippen molar-refractivity contribution in [2.45, 2.75) is 84.0 Å². The Kier molecular flexibility index (Phi) is 9.15. The van der Waals surface area contributed by atoms with Gasteiger partial charge < -0.3 is 9.64 Å². The van der Waals surface area contributed by atoms with Crippen LogP contribution >= 0.6 is 0 Å². The predicted molar refractivity (Wildman–Crippen MR) is 168 cm³/mol. The number of rotatable bonds is 10. The van der Waals surface area contributed by atoms with Gasteiger partial charge in [-0.1, -0.05) is 44.2 Å². The molecule has 3 aromatic rings. The molecular weight excluding hydrogens is 556 g/mol. The van der Waals surface area contributed by atoms with Gasteiger partial charge in [0, 0.05) is 25.5 Å². The van der Waals surface area contributed by atoms with Crippen LogP contribution in [0.3, 0.4) is 0 Å². The number of amides is 3. The fourth-order valence-electron chi connectivity index (χ4n) is 6.19. The van der Waals surface area contributed by atoms with Crippen LogP contribution in [0.1, 0.15) is 92.6 Å². The van der Waals surface area contributed by atoms with E-state index in [0.29, 0.717) is 24.1 Å². The number of pyridine rings is 1. The van der Waals surface area contributed by atoms with Crippen LogP contribution < -0.4 is 5.32 Å². The van der Waals surface area contributed by atoms with Gasteiger partial charge in [0.1, 0.15) is 11.6 Å². The molecule has 1 saturated heterocycles. The maximum Gasteiger partial charge on any atom is 0.323 e. The molecule has 0 bridgehead atoms. The van der Waals surface area contributed by atoms with Crippen LogP contribution in [0.25, 0.3) is 10.8 Å². The van der Waals surface area contributed by atoms with Gasteiger partial charge in [0.05, 0.1) is 23.2 Å². The number of fused-ring (bicyclic) bond motifs is 2. The molecule has 5 rings (SSSR count). The summed E-state index contributed by atoms with van der Waals surface area (Å²) in [7, 11) is 0. The quantitative estimate of drug-likeness (QED) is 0.249. The van der Waals surface area contributed by atoms with E-state index in [0.717, 1.165) is 29.2 Å². The molecule has 232 valence electrons. The van der Waals surface area contributed by atoms with Gasteiger partial charge >= 0.3 is 5.97 Å². The Bertz CT molecular complexity index is 1490. The minimum atomic E-state index is -0.912. The molecule has 0 saturated carbocycles. The number of carbonyl (C=O) groups excluding carboxylic acids is 4. The SMILES string of the molecule is CC(C)C[C@H](N[C@H](CCN1C(=O)c2cc3ccccc3cc2C1=O)C(=O)OC(C)(C)C)C(=O)N1CCC[C@H]1c1cccnc1. The van der Waals surface area contributed by atoms with Crippen molar-refractivity contribution < 1.29 is 23.9 Å². The van der Waals surface area contributed by atoms with Crippen molar-refractivity contribution in [1.29, 1.82) is 0 Å². The molecule has 2 aliphatic rings. The van der Waals surface area contributed by atoms with Gasteiger partial charge in [-0.25, -0.2) is 0 Å². The molecular formula is C35H42N4O5. The third-order valence-corrected chi connectivity index (χ3v) is 8.18. The van der Waals surface area contributed by atoms with Crippen molar-refractivity contribution in [3.8, 4) is 0 Å². The lowest BCUT2D eigenvalue weighted by Crippen LogP contribution is -2.54. The van der Waals surface area contributed by atoms with Crippen LogP contribution in [0.5, 0.6) is 0 Å². The molecule has 1 aromatic heterocycles. The minimum absolute atomic E-state index is 0.00418. The summed E-state index contributed by atoms with van der Waals surface area (Å²) in [6, 6.07) is 13.3. The number of likely N-dealkylation sites (tertiary alicyclic amines) is 1. The summed E-state index contributed by atoms with van der Waals surface area (Å²) in [5, 5.41) is 5.08. The summed E-state index contributed by atoms with van der Waals surface area (Å²) >= 11 is 0. The minimum Gasteiger partial charge on any atom is -0.459 e. The predicted octanol–water partition coefficient (Wildman–Crippen LogP) is 5.30. The van der Waals surface area contributed by atoms with Gasteiger partial charge in [0.2, 0.25) is 5.91 Å². The second-order valence-corrected chi connectivity index (χ2v) is 13.2. The number of nitrogens with one attached hydrogen (secondary N) is 1. The first-order valence-corrected chi connectivity index (χ1v) is 15.5. The van der Waals surface area contributed by atoms with Gasteiger partial charge in [0.25, 0.3) is 11.8 Å². The zero-order valence-corrected chi connectivity index (χ0v) is 26.2. The van der Waals surface area contributed by atoms with E-state index in [1.165, 1.54) is 4.90 Å². The smallest absolute Gasteiger partial charge is 0.323 e. The van der Waals surface area contributed by atoms with E-state index < -0.39 is 23.7 Å². The van der Waals surface area contributed by atoms with Crippen LogP contribution in [-0.4, -0.2) is 69.2 Å². The molecule has 0 unspecified atom stereocenters. The Morgan fingerprint density at radius 1 is 1.00 bits per heavy atom. The van der Waals surface area contributed by atoms with Gasteiger partial charge in [-0.05, 0) is 86.9 Å². The number of hydrogen-bond donors (Lipinski definition) is 1. The largest absolute Gasteiger partial charge is 0.459 e. The standard InChI is InChI=1S/C35H42N4O5/c1-22(2)18-29(33(42)38-16-9-13-30(38)25-12-8-15-36-21-25)37-28(34(43)44-35(3,4)5)14-17-39-31(40)26-19-23-10-6-7-11-24(23)20-27(26)32(39)41/h6-8,10-12,15,19-22,28-30,37H,9,13-14,16-18H2,1-5H3/t28-,29+,30+/m1/s1. The highest BCUT2D eigenvalue weighted by Gasteiger charge is 2.39. The summed E-state index contributed by atoms with van der Waals surface area (Å²) in [5.41, 5.74) is 0.950. The molecule has 9 heteroatoms. The normalized spacial score (nSPS) is 18.2. The molecule has 0 radical (unpaired) electrons. The first-order chi connectivity index (χ1) is 20.9. The number of aromatic nitrogens is 1. The number of ether oxygens (including phenoxy) is 1. The highest BCUT2D eigenvalue weighted by Crippen LogP contribution is 2.33. The molecule has 3 atom stereocenters. The monoisotopic (exact) mass is 598 g/mol. The molecule has 1 N–H and O–H groups in total. The van der Waals surface area contributed by atoms with Crippen molar-refractivity contribution >= 4 is 34.5 Å². The Morgan fingerprint density at radius 3 is 2.23 bits per heavy atom. The average molecular weight is 599 g/mol. The summed E-state index contributed by atoms with van der Waals surface area (Å²) < 4.78 is 5.76. The van der Waals surface area contributed by atoms with Crippen molar-refractivity contribution in [2.75, 3.05) is 13.1 Å². The van der Waals surface area contributed by atoms with E-state index in [4.69, 9.17) is 4.74 Å². The van der Waals surface area contributed by atoms with Crippen molar-refractivity contribution in [3.63, 3.8) is 0 Å². The van der Waals surface area contributed by atoms with E-state index in [9.17, 15) is 19.2 Å². The number of imide groups is 1. The maximum absolute atomic E-state index is 14.1. The summed E-state index contributed by atoms with van der Waals surface area (Å²) in [6.07, 6.45) is 5.85. The second-order valence-electron chi connectivity index (χ2n) is 13.2. The third kappa shape index (κ3) is 6.83. The zero-order valence-electron chi connectivity index (χ0n) is 26.2. The number of hydrogen-bond acceptors (Lipinski definition) is 7. The lowest BCUT2D eigenvalue weighted by Gasteiger charge is -2.33. The fourth-order valence-corrected chi connectivity index (χ4v) is 6.19. The Morgan fingerprint density at radius 2 is 1.66 bits per heavy atom. The first kappa shape index (κ1) is 31.3. The Labute approximate surface area is 259 Å². The zero-order chi connectivity index (χ0) is 31.6. The van der Waals surface area contributed by atoms with Gasteiger partial charge in [0.15, 0.2) is 0 Å². The van der Waals surface area contributed by atoms with Gasteiger partial charge in [-0.15, -0.1) is 0 Å². The van der Waals surface area contributed by atoms with Crippen LogP contribution in [0, 0.1) is 5.92 Å². The molecule has 3 amide bonds. The molecule has 0 spiro atoms. The van der Waals surface area contributed by atoms with E-state index in [2.05, 4.69) is 10.3 Å². The van der Waals surface area contributed by atoms with Gasteiger partial charge in [-0.2, -0.15) is 0 Å². The van der Waals surface area contributed by atoms with Crippen LogP contribution in [0.4, 0.5) is 0 Å². The molecule has 1 fully saturated rings. The lowest BCUT2D eigenvalue weighted by molar-refractivity contribution is -0.158. The molecule has 3 heterocycles. The van der Waals surface area contributed by atoms with Gasteiger partial charge in [-0.3, -0.25) is 34.4 Å². The van der Waals surface area contributed by atoms with Crippen LogP contribution in [-0.2, 0) is 14.3 Å². The molecule has 0 aliphatic carbocycles. The van der Waals surface area contributed by atoms with Crippen LogP contribution in [0.15, 0.2) is 60.9 Å². The molecule has 2 aromatic carbocycles. The fraction of sp³-hybridized carbons (Fsp3) is 0.457. The average Bonchev–Trinajstić information content (AvgIpc) is 3.56. The number of benzene rings is 2.